The molecular formula is C23H23NO5. The van der Waals surface area contributed by atoms with E-state index in [4.69, 9.17) is 9.15 Å². The lowest BCUT2D eigenvalue weighted by atomic mass is 9.98. The summed E-state index contributed by atoms with van der Waals surface area (Å²) in [7, 11) is 0. The number of ether oxygens (including phenoxy) is 1. The van der Waals surface area contributed by atoms with E-state index in [1.165, 1.54) is 0 Å². The summed E-state index contributed by atoms with van der Waals surface area (Å²) in [5.41, 5.74) is 1.32. The molecule has 6 heteroatoms. The Hall–Kier alpha value is -3.12. The van der Waals surface area contributed by atoms with Crippen molar-refractivity contribution in [3.63, 3.8) is 0 Å². The molecule has 1 aromatic heterocycles. The number of para-hydroxylation sites is 1. The van der Waals surface area contributed by atoms with Crippen molar-refractivity contribution < 1.29 is 19.1 Å². The maximum Gasteiger partial charge on any atom is 0.290 e. The van der Waals surface area contributed by atoms with E-state index in [9.17, 15) is 14.7 Å². The van der Waals surface area contributed by atoms with Gasteiger partial charge in [-0.05, 0) is 42.7 Å². The molecule has 29 heavy (non-hydrogen) atoms. The largest absolute Gasteiger partial charge is 0.494 e. The number of hydrogen-bond donors (Lipinski definition) is 1. The zero-order valence-electron chi connectivity index (χ0n) is 16.3. The zero-order valence-corrected chi connectivity index (χ0v) is 16.3. The fraction of sp³-hybridized carbons (Fsp3) is 0.304. The maximum absolute atomic E-state index is 13.3. The van der Waals surface area contributed by atoms with Gasteiger partial charge in [-0.15, -0.1) is 0 Å². The lowest BCUT2D eigenvalue weighted by Gasteiger charge is -2.25. The molecule has 150 valence electrons. The van der Waals surface area contributed by atoms with Crippen LogP contribution in [0.5, 0.6) is 5.75 Å². The van der Waals surface area contributed by atoms with Gasteiger partial charge in [0, 0.05) is 13.2 Å². The second-order valence-electron chi connectivity index (χ2n) is 7.07. The highest BCUT2D eigenvalue weighted by atomic mass is 16.5. The first kappa shape index (κ1) is 19.2. The van der Waals surface area contributed by atoms with Crippen molar-refractivity contribution in [1.82, 2.24) is 4.90 Å². The van der Waals surface area contributed by atoms with Crippen LogP contribution < -0.4 is 10.2 Å². The van der Waals surface area contributed by atoms with Crippen molar-refractivity contribution in [3.05, 3.63) is 75.6 Å². The second kappa shape index (κ2) is 8.09. The molecule has 3 aromatic rings. The van der Waals surface area contributed by atoms with Crippen LogP contribution in [0.3, 0.4) is 0 Å². The van der Waals surface area contributed by atoms with Gasteiger partial charge in [-0.25, -0.2) is 0 Å². The predicted octanol–water partition coefficient (Wildman–Crippen LogP) is 3.51. The van der Waals surface area contributed by atoms with Gasteiger partial charge in [0.1, 0.15) is 11.3 Å². The van der Waals surface area contributed by atoms with E-state index in [2.05, 4.69) is 0 Å². The molecule has 1 atom stereocenters. The van der Waals surface area contributed by atoms with Gasteiger partial charge in [0.15, 0.2) is 5.43 Å². The number of carbonyl (C=O) groups excluding carboxylic acids is 1. The SMILES string of the molecule is CCCOc1cccc([C@@H]2c3c(oc4ccccc4c3=O)C(=O)N2CCCO)c1. The number of amides is 1. The summed E-state index contributed by atoms with van der Waals surface area (Å²) < 4.78 is 11.6. The van der Waals surface area contributed by atoms with E-state index in [-0.39, 0.29) is 23.7 Å². The number of aliphatic hydroxyl groups is 1. The van der Waals surface area contributed by atoms with Gasteiger partial charge in [-0.2, -0.15) is 0 Å². The Morgan fingerprint density at radius 1 is 1.14 bits per heavy atom. The number of fused-ring (bicyclic) bond motifs is 2. The van der Waals surface area contributed by atoms with Crippen LogP contribution in [0.1, 0.15) is 47.5 Å². The third-order valence-electron chi connectivity index (χ3n) is 5.08. The monoisotopic (exact) mass is 393 g/mol. The van der Waals surface area contributed by atoms with Gasteiger partial charge in [0.25, 0.3) is 5.91 Å². The first-order valence-corrected chi connectivity index (χ1v) is 9.86. The molecule has 0 spiro atoms. The molecule has 4 rings (SSSR count). The lowest BCUT2D eigenvalue weighted by molar-refractivity contribution is 0.0716. The molecule has 2 aromatic carbocycles. The number of carbonyl (C=O) groups is 1. The molecule has 0 unspecified atom stereocenters. The maximum atomic E-state index is 13.3. The van der Waals surface area contributed by atoms with Crippen molar-refractivity contribution in [1.29, 1.82) is 0 Å². The van der Waals surface area contributed by atoms with E-state index in [1.807, 2.05) is 31.2 Å². The van der Waals surface area contributed by atoms with Crippen LogP contribution in [-0.2, 0) is 0 Å². The number of benzene rings is 2. The van der Waals surface area contributed by atoms with Crippen LogP contribution in [-0.4, -0.2) is 35.7 Å². The van der Waals surface area contributed by atoms with Gasteiger partial charge in [0.2, 0.25) is 5.76 Å². The van der Waals surface area contributed by atoms with E-state index in [1.54, 1.807) is 29.2 Å². The van der Waals surface area contributed by atoms with Crippen LogP contribution >= 0.6 is 0 Å². The fourth-order valence-corrected chi connectivity index (χ4v) is 3.78. The highest BCUT2D eigenvalue weighted by Gasteiger charge is 2.42. The van der Waals surface area contributed by atoms with Crippen LogP contribution in [0.25, 0.3) is 11.0 Å². The molecule has 0 aliphatic carbocycles. The Morgan fingerprint density at radius 2 is 1.97 bits per heavy atom. The zero-order chi connectivity index (χ0) is 20.4. The smallest absolute Gasteiger partial charge is 0.290 e. The van der Waals surface area contributed by atoms with Crippen molar-refractivity contribution in [3.8, 4) is 5.75 Å². The van der Waals surface area contributed by atoms with Crippen molar-refractivity contribution in [2.45, 2.75) is 25.8 Å². The second-order valence-corrected chi connectivity index (χ2v) is 7.07. The summed E-state index contributed by atoms with van der Waals surface area (Å²) in [6.45, 7) is 2.89. The van der Waals surface area contributed by atoms with E-state index < -0.39 is 6.04 Å². The minimum Gasteiger partial charge on any atom is -0.494 e. The lowest BCUT2D eigenvalue weighted by Crippen LogP contribution is -2.31. The van der Waals surface area contributed by atoms with Gasteiger partial charge in [-0.1, -0.05) is 31.2 Å². The van der Waals surface area contributed by atoms with E-state index >= 15 is 0 Å². The number of rotatable bonds is 7. The molecule has 0 saturated heterocycles. The molecule has 1 aliphatic rings. The molecule has 2 heterocycles. The predicted molar refractivity (Wildman–Crippen MR) is 109 cm³/mol. The van der Waals surface area contributed by atoms with Gasteiger partial charge < -0.3 is 19.2 Å². The number of hydrogen-bond acceptors (Lipinski definition) is 5. The summed E-state index contributed by atoms with van der Waals surface area (Å²) >= 11 is 0. The average Bonchev–Trinajstić information content (AvgIpc) is 3.03. The minimum atomic E-state index is -0.574. The standard InChI is InChI=1S/C23H23NO5/c1-2-13-28-16-8-5-7-15(14-16)20-19-21(26)17-9-3-4-10-18(17)29-22(19)23(27)24(20)11-6-12-25/h3-5,7-10,14,20,25H,2,6,11-13H2,1H3/t20-/m1/s1. The van der Waals surface area contributed by atoms with Crippen molar-refractivity contribution in [2.24, 2.45) is 0 Å². The van der Waals surface area contributed by atoms with Crippen LogP contribution in [0.2, 0.25) is 0 Å². The summed E-state index contributed by atoms with van der Waals surface area (Å²) in [5.74, 6) is 0.440. The van der Waals surface area contributed by atoms with Gasteiger partial charge in [-0.3, -0.25) is 9.59 Å². The topological polar surface area (TPSA) is 80.0 Å². The molecule has 1 N–H and O–H groups in total. The van der Waals surface area contributed by atoms with Crippen LogP contribution in [0, 0.1) is 0 Å². The first-order chi connectivity index (χ1) is 14.2. The van der Waals surface area contributed by atoms with Gasteiger partial charge >= 0.3 is 0 Å². The molecule has 0 fully saturated rings. The van der Waals surface area contributed by atoms with Gasteiger partial charge in [0.05, 0.1) is 23.6 Å². The van der Waals surface area contributed by atoms with Crippen molar-refractivity contribution >= 4 is 16.9 Å². The van der Waals surface area contributed by atoms with E-state index in [0.717, 1.165) is 12.0 Å². The summed E-state index contributed by atoms with van der Waals surface area (Å²) in [4.78, 5) is 28.0. The number of nitrogens with zero attached hydrogens (tertiary/aromatic N) is 1. The van der Waals surface area contributed by atoms with E-state index in [0.29, 0.717) is 41.9 Å². The highest BCUT2D eigenvalue weighted by molar-refractivity contribution is 5.99. The summed E-state index contributed by atoms with van der Waals surface area (Å²) in [6.07, 6.45) is 1.29. The van der Waals surface area contributed by atoms with Crippen molar-refractivity contribution in [2.75, 3.05) is 19.8 Å². The normalized spacial score (nSPS) is 15.7. The van der Waals surface area contributed by atoms with Crippen LogP contribution in [0.4, 0.5) is 0 Å². The highest BCUT2D eigenvalue weighted by Crippen LogP contribution is 2.39. The Bertz CT molecular complexity index is 1100. The first-order valence-electron chi connectivity index (χ1n) is 9.86. The Morgan fingerprint density at radius 3 is 2.76 bits per heavy atom. The molecule has 1 aliphatic heterocycles. The fourth-order valence-electron chi connectivity index (χ4n) is 3.78. The Balaban J connectivity index is 1.88. The molecule has 0 saturated carbocycles. The Kier molecular flexibility index (Phi) is 5.36. The molecule has 0 bridgehead atoms. The Labute approximate surface area is 168 Å². The molecule has 0 radical (unpaired) electrons. The minimum absolute atomic E-state index is 0.0458. The summed E-state index contributed by atoms with van der Waals surface area (Å²) in [6, 6.07) is 13.8. The van der Waals surface area contributed by atoms with Crippen LogP contribution in [0.15, 0.2) is 57.7 Å². The third kappa shape index (κ3) is 3.40. The average molecular weight is 393 g/mol. The molecule has 6 nitrogen and oxygen atoms in total. The third-order valence-corrected chi connectivity index (χ3v) is 5.08. The molecular weight excluding hydrogens is 370 g/mol. The summed E-state index contributed by atoms with van der Waals surface area (Å²) in [5, 5.41) is 9.74. The quantitative estimate of drug-likeness (QED) is 0.664. The number of aliphatic hydroxyl groups excluding tert-OH is 1. The molecule has 1 amide bonds.